The topological polar surface area (TPSA) is 17.0 Å². The van der Waals surface area contributed by atoms with Crippen LogP contribution in [0.1, 0.15) is 17.4 Å². The number of nitrogens with zero attached hydrogens (tertiary/aromatic N) is 1. The molecule has 1 aromatic carbocycles. The van der Waals surface area contributed by atoms with Crippen molar-refractivity contribution >= 4 is 38.2 Å². The highest BCUT2D eigenvalue weighted by Gasteiger charge is 2.10. The van der Waals surface area contributed by atoms with Crippen molar-refractivity contribution in [3.05, 3.63) is 56.8 Å². The van der Waals surface area contributed by atoms with Crippen LogP contribution in [0.4, 0.5) is 0 Å². The lowest BCUT2D eigenvalue weighted by molar-refractivity contribution is 0.716. The van der Waals surface area contributed by atoms with Crippen LogP contribution >= 0.6 is 27.3 Å². The van der Waals surface area contributed by atoms with E-state index in [0.717, 1.165) is 26.1 Å². The highest BCUT2D eigenvalue weighted by molar-refractivity contribution is 9.10. The first-order chi connectivity index (χ1) is 10.3. The molecular weight excluding hydrogens is 344 g/mol. The highest BCUT2D eigenvalue weighted by Crippen LogP contribution is 2.27. The molecule has 0 atom stereocenters. The van der Waals surface area contributed by atoms with Gasteiger partial charge in [-0.25, -0.2) is 0 Å². The van der Waals surface area contributed by atoms with Gasteiger partial charge in [0.15, 0.2) is 0 Å². The van der Waals surface area contributed by atoms with Gasteiger partial charge in [0.25, 0.3) is 0 Å². The molecule has 3 rings (SSSR count). The van der Waals surface area contributed by atoms with E-state index in [1.165, 1.54) is 25.8 Å². The Kier molecular flexibility index (Phi) is 4.78. The van der Waals surface area contributed by atoms with Crippen LogP contribution in [0.5, 0.6) is 0 Å². The standard InChI is InChI=1S/C17H19BrN2S/c1-2-19-9-7-13-11-20(12-17-15(18)8-10-21-17)16-6-4-3-5-14(13)16/h3-6,8,10-11,19H,2,7,9,12H2,1H3. The Morgan fingerprint density at radius 1 is 1.24 bits per heavy atom. The van der Waals surface area contributed by atoms with E-state index in [4.69, 9.17) is 0 Å². The second-order valence-electron chi connectivity index (χ2n) is 5.09. The van der Waals surface area contributed by atoms with Crippen molar-refractivity contribution in [3.63, 3.8) is 0 Å². The number of rotatable bonds is 6. The quantitative estimate of drug-likeness (QED) is 0.630. The number of hydrogen-bond acceptors (Lipinski definition) is 2. The molecule has 110 valence electrons. The summed E-state index contributed by atoms with van der Waals surface area (Å²) < 4.78 is 3.58. The second kappa shape index (κ2) is 6.77. The Labute approximate surface area is 137 Å². The molecule has 0 aliphatic rings. The van der Waals surface area contributed by atoms with Gasteiger partial charge in [-0.3, -0.25) is 0 Å². The van der Waals surface area contributed by atoms with Gasteiger partial charge in [0.1, 0.15) is 0 Å². The van der Waals surface area contributed by atoms with Crippen molar-refractivity contribution in [2.45, 2.75) is 19.9 Å². The number of benzene rings is 1. The summed E-state index contributed by atoms with van der Waals surface area (Å²) in [4.78, 5) is 1.37. The Balaban J connectivity index is 1.93. The van der Waals surface area contributed by atoms with E-state index in [1.54, 1.807) is 11.3 Å². The zero-order chi connectivity index (χ0) is 14.7. The largest absolute Gasteiger partial charge is 0.342 e. The van der Waals surface area contributed by atoms with Crippen LogP contribution < -0.4 is 5.32 Å². The maximum atomic E-state index is 3.63. The maximum absolute atomic E-state index is 3.63. The van der Waals surface area contributed by atoms with Crippen LogP contribution in [-0.4, -0.2) is 17.7 Å². The Morgan fingerprint density at radius 3 is 2.86 bits per heavy atom. The minimum absolute atomic E-state index is 0.931. The fraction of sp³-hybridized carbons (Fsp3) is 0.294. The number of nitrogens with one attached hydrogen (secondary N) is 1. The lowest BCUT2D eigenvalue weighted by Crippen LogP contribution is -2.15. The van der Waals surface area contributed by atoms with Crippen LogP contribution in [0.25, 0.3) is 10.9 Å². The van der Waals surface area contributed by atoms with Gasteiger partial charge in [-0.15, -0.1) is 11.3 Å². The van der Waals surface area contributed by atoms with Gasteiger partial charge in [0, 0.05) is 26.4 Å². The van der Waals surface area contributed by atoms with E-state index < -0.39 is 0 Å². The minimum atomic E-state index is 0.931. The number of hydrogen-bond donors (Lipinski definition) is 1. The molecule has 0 bridgehead atoms. The third-order valence-electron chi connectivity index (χ3n) is 3.70. The maximum Gasteiger partial charge on any atom is 0.0580 e. The molecule has 0 aliphatic carbocycles. The Hall–Kier alpha value is -1.10. The van der Waals surface area contributed by atoms with Gasteiger partial charge in [-0.2, -0.15) is 0 Å². The minimum Gasteiger partial charge on any atom is -0.342 e. The van der Waals surface area contributed by atoms with E-state index in [-0.39, 0.29) is 0 Å². The fourth-order valence-corrected chi connectivity index (χ4v) is 4.12. The highest BCUT2D eigenvalue weighted by atomic mass is 79.9. The Morgan fingerprint density at radius 2 is 2.10 bits per heavy atom. The van der Waals surface area contributed by atoms with Crippen LogP contribution in [0, 0.1) is 0 Å². The first kappa shape index (κ1) is 14.8. The average molecular weight is 363 g/mol. The van der Waals surface area contributed by atoms with E-state index in [1.807, 2.05) is 0 Å². The summed E-state index contributed by atoms with van der Waals surface area (Å²) in [6, 6.07) is 10.8. The summed E-state index contributed by atoms with van der Waals surface area (Å²) in [7, 11) is 0. The molecule has 2 heterocycles. The summed E-state index contributed by atoms with van der Waals surface area (Å²) in [5, 5.41) is 6.92. The summed E-state index contributed by atoms with van der Waals surface area (Å²) >= 11 is 5.44. The molecule has 0 radical (unpaired) electrons. The molecule has 0 unspecified atom stereocenters. The Bertz CT molecular complexity index is 729. The van der Waals surface area contributed by atoms with Crippen molar-refractivity contribution in [1.82, 2.24) is 9.88 Å². The zero-order valence-corrected chi connectivity index (χ0v) is 14.5. The third kappa shape index (κ3) is 3.23. The lowest BCUT2D eigenvalue weighted by atomic mass is 10.1. The number of halogens is 1. The molecule has 3 aromatic rings. The van der Waals surface area contributed by atoms with Crippen LogP contribution in [-0.2, 0) is 13.0 Å². The summed E-state index contributed by atoms with van der Waals surface area (Å²) in [5.41, 5.74) is 2.75. The normalized spacial score (nSPS) is 11.3. The first-order valence-corrected chi connectivity index (χ1v) is 8.96. The molecule has 2 aromatic heterocycles. The van der Waals surface area contributed by atoms with E-state index in [2.05, 4.69) is 74.6 Å². The van der Waals surface area contributed by atoms with Crippen molar-refractivity contribution in [1.29, 1.82) is 0 Å². The van der Waals surface area contributed by atoms with Gasteiger partial charge < -0.3 is 9.88 Å². The van der Waals surface area contributed by atoms with Crippen molar-refractivity contribution < 1.29 is 0 Å². The molecule has 0 spiro atoms. The molecule has 1 N–H and O–H groups in total. The monoisotopic (exact) mass is 362 g/mol. The number of likely N-dealkylation sites (N-methyl/N-ethyl adjacent to an activating group) is 1. The molecular formula is C17H19BrN2S. The average Bonchev–Trinajstić information content (AvgIpc) is 3.05. The predicted octanol–water partition coefficient (Wildman–Crippen LogP) is 4.67. The number of fused-ring (bicyclic) bond motifs is 1. The molecule has 0 saturated heterocycles. The lowest BCUT2D eigenvalue weighted by Gasteiger charge is -2.03. The van der Waals surface area contributed by atoms with Gasteiger partial charge in [-0.1, -0.05) is 25.1 Å². The summed E-state index contributed by atoms with van der Waals surface area (Å²) in [6.07, 6.45) is 3.39. The smallest absolute Gasteiger partial charge is 0.0580 e. The van der Waals surface area contributed by atoms with E-state index in [9.17, 15) is 0 Å². The van der Waals surface area contributed by atoms with Crippen molar-refractivity contribution in [2.75, 3.05) is 13.1 Å². The van der Waals surface area contributed by atoms with E-state index in [0.29, 0.717) is 0 Å². The number of para-hydroxylation sites is 1. The van der Waals surface area contributed by atoms with Crippen LogP contribution in [0.2, 0.25) is 0 Å². The van der Waals surface area contributed by atoms with Gasteiger partial charge in [-0.05, 0) is 58.5 Å². The molecule has 0 amide bonds. The van der Waals surface area contributed by atoms with Crippen molar-refractivity contribution in [3.8, 4) is 0 Å². The van der Waals surface area contributed by atoms with E-state index >= 15 is 0 Å². The summed E-state index contributed by atoms with van der Waals surface area (Å²) in [6.45, 7) is 5.14. The molecule has 0 saturated carbocycles. The molecule has 4 heteroatoms. The SMILES string of the molecule is CCNCCc1cn(Cc2sccc2Br)c2ccccc12. The second-order valence-corrected chi connectivity index (χ2v) is 6.95. The molecule has 21 heavy (non-hydrogen) atoms. The van der Waals surface area contributed by atoms with Crippen LogP contribution in [0.3, 0.4) is 0 Å². The van der Waals surface area contributed by atoms with Gasteiger partial charge in [0.2, 0.25) is 0 Å². The number of thiophene rings is 1. The molecule has 0 fully saturated rings. The fourth-order valence-electron chi connectivity index (χ4n) is 2.65. The molecule has 2 nitrogen and oxygen atoms in total. The molecule has 0 aliphatic heterocycles. The van der Waals surface area contributed by atoms with Gasteiger partial charge in [0.05, 0.1) is 6.54 Å². The van der Waals surface area contributed by atoms with Crippen LogP contribution in [0.15, 0.2) is 46.4 Å². The zero-order valence-electron chi connectivity index (χ0n) is 12.1. The first-order valence-electron chi connectivity index (χ1n) is 7.29. The predicted molar refractivity (Wildman–Crippen MR) is 95.3 cm³/mol. The third-order valence-corrected chi connectivity index (χ3v) is 5.61. The van der Waals surface area contributed by atoms with Crippen molar-refractivity contribution in [2.24, 2.45) is 0 Å². The summed E-state index contributed by atoms with van der Waals surface area (Å²) in [5.74, 6) is 0. The van der Waals surface area contributed by atoms with Gasteiger partial charge >= 0.3 is 0 Å². The number of aromatic nitrogens is 1.